The molecule has 1 unspecified atom stereocenters. The third kappa shape index (κ3) is 3.39. The van der Waals surface area contributed by atoms with Crippen molar-refractivity contribution in [2.45, 2.75) is 12.5 Å². The zero-order valence-corrected chi connectivity index (χ0v) is 13.5. The molecule has 0 bridgehead atoms. The predicted octanol–water partition coefficient (Wildman–Crippen LogP) is 3.56. The second-order valence-corrected chi connectivity index (χ2v) is 5.60. The van der Waals surface area contributed by atoms with E-state index in [1.54, 1.807) is 13.4 Å². The summed E-state index contributed by atoms with van der Waals surface area (Å²) in [6.07, 6.45) is 2.34. The molecule has 1 aromatic heterocycles. The van der Waals surface area contributed by atoms with Crippen molar-refractivity contribution < 1.29 is 9.15 Å². The SMILES string of the molecule is COc1ccc(Br)c(CC(NN)c2ccoc2Br)c1. The van der Waals surface area contributed by atoms with E-state index in [2.05, 4.69) is 37.3 Å². The zero-order chi connectivity index (χ0) is 13.8. The predicted molar refractivity (Wildman–Crippen MR) is 80.9 cm³/mol. The zero-order valence-electron chi connectivity index (χ0n) is 10.3. The summed E-state index contributed by atoms with van der Waals surface area (Å²) in [4.78, 5) is 0. The number of nitrogens with two attached hydrogens (primary N) is 1. The van der Waals surface area contributed by atoms with Crippen LogP contribution in [0.15, 0.2) is 44.1 Å². The molecule has 0 saturated heterocycles. The lowest BCUT2D eigenvalue weighted by Crippen LogP contribution is -2.29. The lowest BCUT2D eigenvalue weighted by atomic mass is 10.0. The Balaban J connectivity index is 2.26. The van der Waals surface area contributed by atoms with Crippen molar-refractivity contribution in [3.05, 3.63) is 50.8 Å². The summed E-state index contributed by atoms with van der Waals surface area (Å²) in [7, 11) is 1.65. The summed E-state index contributed by atoms with van der Waals surface area (Å²) >= 11 is 6.91. The van der Waals surface area contributed by atoms with E-state index >= 15 is 0 Å². The van der Waals surface area contributed by atoms with Crippen LogP contribution in [0.4, 0.5) is 0 Å². The topological polar surface area (TPSA) is 60.4 Å². The van der Waals surface area contributed by atoms with Gasteiger partial charge < -0.3 is 9.15 Å². The number of methoxy groups -OCH3 is 1. The highest BCUT2D eigenvalue weighted by atomic mass is 79.9. The lowest BCUT2D eigenvalue weighted by Gasteiger charge is -2.16. The summed E-state index contributed by atoms with van der Waals surface area (Å²) < 4.78 is 12.2. The molecular formula is C13H14Br2N2O2. The molecule has 6 heteroatoms. The van der Waals surface area contributed by atoms with Gasteiger partial charge in [-0.05, 0) is 52.2 Å². The summed E-state index contributed by atoms with van der Waals surface area (Å²) in [5.41, 5.74) is 4.90. The summed E-state index contributed by atoms with van der Waals surface area (Å²) in [6, 6.07) is 7.71. The van der Waals surface area contributed by atoms with E-state index < -0.39 is 0 Å². The number of ether oxygens (including phenoxy) is 1. The number of hydrogen-bond acceptors (Lipinski definition) is 4. The normalized spacial score (nSPS) is 12.4. The standard InChI is InChI=1S/C13H14Br2N2O2/c1-18-9-2-3-11(14)8(6-9)7-12(17-16)10-4-5-19-13(10)15/h2-6,12,17H,7,16H2,1H3. The fourth-order valence-electron chi connectivity index (χ4n) is 1.87. The largest absolute Gasteiger partial charge is 0.497 e. The van der Waals surface area contributed by atoms with Crippen LogP contribution in [0.2, 0.25) is 0 Å². The van der Waals surface area contributed by atoms with Crippen LogP contribution in [0.5, 0.6) is 5.75 Å². The van der Waals surface area contributed by atoms with Crippen molar-refractivity contribution in [1.82, 2.24) is 5.43 Å². The van der Waals surface area contributed by atoms with Crippen LogP contribution in [0.3, 0.4) is 0 Å². The molecule has 1 heterocycles. The second kappa shape index (κ2) is 6.56. The molecule has 1 atom stereocenters. The molecule has 0 radical (unpaired) electrons. The Morgan fingerprint density at radius 2 is 2.16 bits per heavy atom. The highest BCUT2D eigenvalue weighted by molar-refractivity contribution is 9.10. The highest BCUT2D eigenvalue weighted by Crippen LogP contribution is 2.30. The fraction of sp³-hybridized carbons (Fsp3) is 0.231. The fourth-order valence-corrected chi connectivity index (χ4v) is 2.79. The maximum atomic E-state index is 5.64. The molecule has 4 nitrogen and oxygen atoms in total. The second-order valence-electron chi connectivity index (χ2n) is 4.03. The Hall–Kier alpha value is -0.820. The Bertz CT molecular complexity index is 557. The van der Waals surface area contributed by atoms with E-state index in [4.69, 9.17) is 15.0 Å². The summed E-state index contributed by atoms with van der Waals surface area (Å²) in [5.74, 6) is 6.46. The van der Waals surface area contributed by atoms with Crippen LogP contribution in [-0.4, -0.2) is 7.11 Å². The van der Waals surface area contributed by atoms with Gasteiger partial charge in [0.2, 0.25) is 0 Å². The van der Waals surface area contributed by atoms with Crippen molar-refractivity contribution in [2.24, 2.45) is 5.84 Å². The van der Waals surface area contributed by atoms with Gasteiger partial charge in [0.25, 0.3) is 0 Å². The Morgan fingerprint density at radius 1 is 1.37 bits per heavy atom. The molecule has 3 N–H and O–H groups in total. The van der Waals surface area contributed by atoms with E-state index in [1.165, 1.54) is 0 Å². The molecule has 1 aromatic carbocycles. The first-order chi connectivity index (χ1) is 9.15. The Labute approximate surface area is 128 Å². The first-order valence-electron chi connectivity index (χ1n) is 5.67. The van der Waals surface area contributed by atoms with Crippen molar-refractivity contribution in [3.63, 3.8) is 0 Å². The van der Waals surface area contributed by atoms with Gasteiger partial charge in [0, 0.05) is 10.0 Å². The van der Waals surface area contributed by atoms with Crippen LogP contribution in [0.25, 0.3) is 0 Å². The van der Waals surface area contributed by atoms with Crippen molar-refractivity contribution in [1.29, 1.82) is 0 Å². The van der Waals surface area contributed by atoms with Gasteiger partial charge in [0.15, 0.2) is 4.67 Å². The first-order valence-corrected chi connectivity index (χ1v) is 7.25. The molecule has 0 spiro atoms. The molecule has 0 aliphatic heterocycles. The van der Waals surface area contributed by atoms with Gasteiger partial charge in [-0.15, -0.1) is 0 Å². The number of hydrazine groups is 1. The number of rotatable bonds is 5. The number of benzene rings is 1. The monoisotopic (exact) mass is 388 g/mol. The Morgan fingerprint density at radius 3 is 2.74 bits per heavy atom. The minimum Gasteiger partial charge on any atom is -0.497 e. The molecule has 2 rings (SSSR count). The molecule has 0 amide bonds. The van der Waals surface area contributed by atoms with E-state index in [-0.39, 0.29) is 6.04 Å². The summed E-state index contributed by atoms with van der Waals surface area (Å²) in [5, 5.41) is 0. The maximum Gasteiger partial charge on any atom is 0.173 e. The molecule has 0 saturated carbocycles. The van der Waals surface area contributed by atoms with Gasteiger partial charge in [-0.1, -0.05) is 15.9 Å². The molecule has 0 aliphatic carbocycles. The first kappa shape index (κ1) is 14.6. The van der Waals surface area contributed by atoms with Crippen molar-refractivity contribution in [2.75, 3.05) is 7.11 Å². The average Bonchev–Trinajstić information content (AvgIpc) is 2.84. The molecule has 0 fully saturated rings. The third-order valence-electron chi connectivity index (χ3n) is 2.90. The summed E-state index contributed by atoms with van der Waals surface area (Å²) in [6.45, 7) is 0. The van der Waals surface area contributed by atoms with E-state index in [1.807, 2.05) is 24.3 Å². The Kier molecular flexibility index (Phi) is 5.04. The van der Waals surface area contributed by atoms with Gasteiger partial charge in [-0.25, -0.2) is 0 Å². The minimum absolute atomic E-state index is 0.0449. The van der Waals surface area contributed by atoms with Crippen molar-refractivity contribution in [3.8, 4) is 5.75 Å². The highest BCUT2D eigenvalue weighted by Gasteiger charge is 2.17. The van der Waals surface area contributed by atoms with Crippen LogP contribution >= 0.6 is 31.9 Å². The smallest absolute Gasteiger partial charge is 0.173 e. The van der Waals surface area contributed by atoms with Crippen LogP contribution < -0.4 is 16.0 Å². The van der Waals surface area contributed by atoms with E-state index in [0.717, 1.165) is 21.3 Å². The van der Waals surface area contributed by atoms with Crippen LogP contribution in [0, 0.1) is 0 Å². The number of hydrogen-bond donors (Lipinski definition) is 2. The van der Waals surface area contributed by atoms with Gasteiger partial charge in [-0.3, -0.25) is 11.3 Å². The van der Waals surface area contributed by atoms with Gasteiger partial charge in [0.05, 0.1) is 19.4 Å². The van der Waals surface area contributed by atoms with Crippen LogP contribution in [0.1, 0.15) is 17.2 Å². The molecule has 0 aliphatic rings. The molecule has 19 heavy (non-hydrogen) atoms. The molecular weight excluding hydrogens is 376 g/mol. The minimum atomic E-state index is -0.0449. The van der Waals surface area contributed by atoms with E-state index in [9.17, 15) is 0 Å². The van der Waals surface area contributed by atoms with Gasteiger partial charge >= 0.3 is 0 Å². The third-order valence-corrected chi connectivity index (χ3v) is 4.32. The molecule has 2 aromatic rings. The number of furan rings is 1. The number of nitrogens with one attached hydrogen (secondary N) is 1. The van der Waals surface area contributed by atoms with Crippen molar-refractivity contribution >= 4 is 31.9 Å². The van der Waals surface area contributed by atoms with Crippen LogP contribution in [-0.2, 0) is 6.42 Å². The van der Waals surface area contributed by atoms with Gasteiger partial charge in [-0.2, -0.15) is 0 Å². The molecule has 102 valence electrons. The lowest BCUT2D eigenvalue weighted by molar-refractivity contribution is 0.413. The average molecular weight is 390 g/mol. The quantitative estimate of drug-likeness (QED) is 0.606. The maximum absolute atomic E-state index is 5.64. The van der Waals surface area contributed by atoms with Gasteiger partial charge in [0.1, 0.15) is 5.75 Å². The van der Waals surface area contributed by atoms with E-state index in [0.29, 0.717) is 11.1 Å². The number of halogens is 2.